The number of nitrogens with zero attached hydrogens (tertiary/aromatic N) is 4. The molecule has 2 amide bonds. The molecule has 0 spiro atoms. The summed E-state index contributed by atoms with van der Waals surface area (Å²) in [6.07, 6.45) is 3.53. The fraction of sp³-hybridized carbons (Fsp3) is 0.462. The highest BCUT2D eigenvalue weighted by Gasteiger charge is 2.26. The number of hydrogen-bond donors (Lipinski definition) is 1. The standard InChI is InChI=1S/C26H31Cl2N5O/c27-24-8-7-23(16-25(24)28)30-26(34)33-14-12-32(13-15-33)19-22-2-1-10-31(18-22)11-9-20-3-5-21(17-29)6-4-20/h3-8,16,22H,1-2,9-15,18-19H2,(H,30,34)/t22-/m1/s1. The van der Waals surface area contributed by atoms with Gasteiger partial charge in [0.25, 0.3) is 0 Å². The Morgan fingerprint density at radius 1 is 1.00 bits per heavy atom. The van der Waals surface area contributed by atoms with Crippen LogP contribution in [0.2, 0.25) is 10.0 Å². The highest BCUT2D eigenvalue weighted by molar-refractivity contribution is 6.42. The first-order valence-electron chi connectivity index (χ1n) is 11.9. The van der Waals surface area contributed by atoms with Gasteiger partial charge in [-0.3, -0.25) is 4.90 Å². The molecule has 2 aromatic carbocycles. The molecule has 2 aliphatic heterocycles. The van der Waals surface area contributed by atoms with Gasteiger partial charge in [0.05, 0.1) is 21.7 Å². The van der Waals surface area contributed by atoms with Crippen LogP contribution < -0.4 is 5.32 Å². The molecule has 34 heavy (non-hydrogen) atoms. The number of anilines is 1. The van der Waals surface area contributed by atoms with Crippen molar-refractivity contribution in [1.82, 2.24) is 14.7 Å². The molecule has 2 heterocycles. The average Bonchev–Trinajstić information content (AvgIpc) is 2.86. The Balaban J connectivity index is 1.18. The maximum atomic E-state index is 12.6. The highest BCUT2D eigenvalue weighted by atomic mass is 35.5. The van der Waals surface area contributed by atoms with Crippen molar-refractivity contribution in [3.05, 3.63) is 63.6 Å². The molecule has 2 fully saturated rings. The van der Waals surface area contributed by atoms with Crippen molar-refractivity contribution in [3.63, 3.8) is 0 Å². The molecule has 4 rings (SSSR count). The minimum Gasteiger partial charge on any atom is -0.322 e. The van der Waals surface area contributed by atoms with Gasteiger partial charge >= 0.3 is 6.03 Å². The summed E-state index contributed by atoms with van der Waals surface area (Å²) in [5.41, 5.74) is 2.66. The van der Waals surface area contributed by atoms with Crippen LogP contribution in [0.5, 0.6) is 0 Å². The van der Waals surface area contributed by atoms with Crippen LogP contribution in [0.1, 0.15) is 24.0 Å². The van der Waals surface area contributed by atoms with E-state index in [9.17, 15) is 4.79 Å². The van der Waals surface area contributed by atoms with Crippen LogP contribution in [-0.4, -0.2) is 73.1 Å². The number of rotatable bonds is 6. The number of likely N-dealkylation sites (tertiary alicyclic amines) is 1. The van der Waals surface area contributed by atoms with Gasteiger partial charge in [0.15, 0.2) is 0 Å². The lowest BCUT2D eigenvalue weighted by molar-refractivity contribution is 0.101. The van der Waals surface area contributed by atoms with Crippen molar-refractivity contribution in [2.75, 3.05) is 57.7 Å². The van der Waals surface area contributed by atoms with Gasteiger partial charge in [-0.1, -0.05) is 35.3 Å². The zero-order chi connectivity index (χ0) is 23.9. The van der Waals surface area contributed by atoms with Gasteiger partial charge in [-0.05, 0) is 67.6 Å². The summed E-state index contributed by atoms with van der Waals surface area (Å²) >= 11 is 12.0. The monoisotopic (exact) mass is 499 g/mol. The molecule has 1 N–H and O–H groups in total. The highest BCUT2D eigenvalue weighted by Crippen LogP contribution is 2.25. The van der Waals surface area contributed by atoms with Gasteiger partial charge in [0.1, 0.15) is 0 Å². The molecule has 0 unspecified atom stereocenters. The predicted molar refractivity (Wildman–Crippen MR) is 138 cm³/mol. The third-order valence-corrected chi connectivity index (χ3v) is 7.49. The van der Waals surface area contributed by atoms with Crippen LogP contribution >= 0.6 is 23.2 Å². The van der Waals surface area contributed by atoms with Crippen molar-refractivity contribution in [1.29, 1.82) is 5.26 Å². The third-order valence-electron chi connectivity index (χ3n) is 6.75. The Labute approximate surface area is 212 Å². The van der Waals surface area contributed by atoms with Gasteiger partial charge in [0.2, 0.25) is 0 Å². The molecule has 0 radical (unpaired) electrons. The first-order valence-corrected chi connectivity index (χ1v) is 12.7. The summed E-state index contributed by atoms with van der Waals surface area (Å²) in [6, 6.07) is 15.1. The Morgan fingerprint density at radius 2 is 1.76 bits per heavy atom. The number of piperazine rings is 1. The van der Waals surface area contributed by atoms with Crippen molar-refractivity contribution in [2.45, 2.75) is 19.3 Å². The zero-order valence-corrected chi connectivity index (χ0v) is 20.9. The number of benzene rings is 2. The molecule has 8 heteroatoms. The molecule has 1 atom stereocenters. The average molecular weight is 500 g/mol. The van der Waals surface area contributed by atoms with E-state index in [0.717, 1.165) is 58.8 Å². The first-order chi connectivity index (χ1) is 16.5. The number of carbonyl (C=O) groups is 1. The number of urea groups is 1. The van der Waals surface area contributed by atoms with Crippen LogP contribution in [0.3, 0.4) is 0 Å². The van der Waals surface area contributed by atoms with E-state index in [1.54, 1.807) is 18.2 Å². The second kappa shape index (κ2) is 11.9. The fourth-order valence-corrected chi connectivity index (χ4v) is 5.11. The molecule has 2 saturated heterocycles. The second-order valence-electron chi connectivity index (χ2n) is 9.21. The van der Waals surface area contributed by atoms with E-state index in [4.69, 9.17) is 28.5 Å². The van der Waals surface area contributed by atoms with Gasteiger partial charge in [-0.15, -0.1) is 0 Å². The number of amides is 2. The SMILES string of the molecule is N#Cc1ccc(CCN2CCC[C@@H](CN3CCN(C(=O)Nc4ccc(Cl)c(Cl)c4)CC3)C2)cc1. The summed E-state index contributed by atoms with van der Waals surface area (Å²) < 4.78 is 0. The molecule has 2 aromatic rings. The lowest BCUT2D eigenvalue weighted by atomic mass is 9.96. The molecule has 0 saturated carbocycles. The number of halogens is 2. The lowest BCUT2D eigenvalue weighted by Gasteiger charge is -2.39. The number of carbonyl (C=O) groups excluding carboxylic acids is 1. The predicted octanol–water partition coefficient (Wildman–Crippen LogP) is 4.97. The Morgan fingerprint density at radius 3 is 2.47 bits per heavy atom. The maximum absolute atomic E-state index is 12.6. The van der Waals surface area contributed by atoms with Crippen molar-refractivity contribution in [3.8, 4) is 6.07 Å². The van der Waals surface area contributed by atoms with Crippen molar-refractivity contribution >= 4 is 34.9 Å². The molecular weight excluding hydrogens is 469 g/mol. The van der Waals surface area contributed by atoms with E-state index in [1.807, 2.05) is 17.0 Å². The molecule has 0 aromatic heterocycles. The van der Waals surface area contributed by atoms with Crippen LogP contribution in [0, 0.1) is 17.2 Å². The summed E-state index contributed by atoms with van der Waals surface area (Å²) in [6.45, 7) is 7.70. The molecule has 0 aliphatic carbocycles. The van der Waals surface area contributed by atoms with Crippen molar-refractivity contribution < 1.29 is 4.79 Å². The topological polar surface area (TPSA) is 62.6 Å². The smallest absolute Gasteiger partial charge is 0.321 e. The van der Waals surface area contributed by atoms with Gasteiger partial charge in [-0.25, -0.2) is 4.79 Å². The largest absolute Gasteiger partial charge is 0.322 e. The fourth-order valence-electron chi connectivity index (χ4n) is 4.81. The van der Waals surface area contributed by atoms with E-state index in [2.05, 4.69) is 33.3 Å². The number of piperidine rings is 1. The van der Waals surface area contributed by atoms with Crippen LogP contribution in [0.25, 0.3) is 0 Å². The van der Waals surface area contributed by atoms with Gasteiger partial charge < -0.3 is 15.1 Å². The van der Waals surface area contributed by atoms with Gasteiger partial charge in [-0.2, -0.15) is 5.26 Å². The van der Waals surface area contributed by atoms with Crippen LogP contribution in [0.4, 0.5) is 10.5 Å². The van der Waals surface area contributed by atoms with E-state index in [0.29, 0.717) is 27.2 Å². The quantitative estimate of drug-likeness (QED) is 0.609. The Kier molecular flexibility index (Phi) is 8.69. The number of nitrogens with one attached hydrogen (secondary N) is 1. The summed E-state index contributed by atoms with van der Waals surface area (Å²) in [7, 11) is 0. The van der Waals surface area contributed by atoms with Crippen LogP contribution in [0.15, 0.2) is 42.5 Å². The molecule has 0 bridgehead atoms. The molecule has 180 valence electrons. The molecular formula is C26H31Cl2N5O. The van der Waals surface area contributed by atoms with E-state index < -0.39 is 0 Å². The second-order valence-corrected chi connectivity index (χ2v) is 10.0. The van der Waals surface area contributed by atoms with E-state index >= 15 is 0 Å². The molecule has 2 aliphatic rings. The lowest BCUT2D eigenvalue weighted by Crippen LogP contribution is -2.52. The minimum absolute atomic E-state index is 0.0929. The summed E-state index contributed by atoms with van der Waals surface area (Å²) in [5, 5.41) is 12.8. The first kappa shape index (κ1) is 24.8. The summed E-state index contributed by atoms with van der Waals surface area (Å²) in [4.78, 5) is 19.6. The Bertz CT molecular complexity index is 1010. The van der Waals surface area contributed by atoms with E-state index in [-0.39, 0.29) is 6.03 Å². The number of hydrogen-bond acceptors (Lipinski definition) is 4. The normalized spacial score (nSPS) is 19.6. The number of nitriles is 1. The third kappa shape index (κ3) is 6.86. The Hall–Kier alpha value is -2.30. The summed E-state index contributed by atoms with van der Waals surface area (Å²) in [5.74, 6) is 0.673. The molecule has 6 nitrogen and oxygen atoms in total. The zero-order valence-electron chi connectivity index (χ0n) is 19.4. The van der Waals surface area contributed by atoms with Crippen LogP contribution in [-0.2, 0) is 6.42 Å². The van der Waals surface area contributed by atoms with Gasteiger partial charge in [0, 0.05) is 51.5 Å². The maximum Gasteiger partial charge on any atom is 0.321 e. The van der Waals surface area contributed by atoms with E-state index in [1.165, 1.54) is 18.4 Å². The van der Waals surface area contributed by atoms with Crippen molar-refractivity contribution in [2.24, 2.45) is 5.92 Å². The minimum atomic E-state index is -0.0929.